The van der Waals surface area contributed by atoms with Crippen LogP contribution in [0.2, 0.25) is 0 Å². The number of anilines is 3. The molecule has 0 spiro atoms. The van der Waals surface area contributed by atoms with Crippen molar-refractivity contribution in [2.45, 2.75) is 32.4 Å². The van der Waals surface area contributed by atoms with Gasteiger partial charge in [0.05, 0.1) is 11.4 Å². The van der Waals surface area contributed by atoms with E-state index in [4.69, 9.17) is 11.1 Å². The molecule has 1 aliphatic rings. The molecule has 4 rings (SSSR count). The molecule has 0 saturated carbocycles. The van der Waals surface area contributed by atoms with E-state index in [0.717, 1.165) is 30.3 Å². The third-order valence-corrected chi connectivity index (χ3v) is 5.78. The molecular formula is C25H27F2N7O2. The number of carbonyl (C=O) groups is 1. The molecule has 1 fully saturated rings. The van der Waals surface area contributed by atoms with Gasteiger partial charge in [-0.1, -0.05) is 6.07 Å². The lowest BCUT2D eigenvalue weighted by Gasteiger charge is -2.26. The molecule has 0 bridgehead atoms. The first-order valence-corrected chi connectivity index (χ1v) is 11.5. The van der Waals surface area contributed by atoms with Crippen molar-refractivity contribution >= 4 is 29.2 Å². The third-order valence-electron chi connectivity index (χ3n) is 5.78. The summed E-state index contributed by atoms with van der Waals surface area (Å²) in [4.78, 5) is 27.5. The molecule has 1 aliphatic heterocycles. The average molecular weight is 496 g/mol. The third kappa shape index (κ3) is 4.96. The number of hydrogen-bond donors (Lipinski definition) is 4. The lowest BCUT2D eigenvalue weighted by Crippen LogP contribution is -2.29. The van der Waals surface area contributed by atoms with E-state index in [0.29, 0.717) is 34.7 Å². The Labute approximate surface area is 206 Å². The maximum atomic E-state index is 14.3. The van der Waals surface area contributed by atoms with Crippen LogP contribution in [0.1, 0.15) is 36.3 Å². The van der Waals surface area contributed by atoms with Crippen molar-refractivity contribution in [1.82, 2.24) is 9.78 Å². The van der Waals surface area contributed by atoms with Gasteiger partial charge in [0.1, 0.15) is 11.4 Å². The number of para-hydroxylation sites is 1. The zero-order chi connectivity index (χ0) is 26.0. The van der Waals surface area contributed by atoms with Crippen molar-refractivity contribution in [3.8, 4) is 5.69 Å². The highest BCUT2D eigenvalue weighted by Crippen LogP contribution is 2.36. The van der Waals surface area contributed by atoms with Gasteiger partial charge in [0.2, 0.25) is 0 Å². The van der Waals surface area contributed by atoms with Gasteiger partial charge in [-0.25, -0.2) is 8.78 Å². The summed E-state index contributed by atoms with van der Waals surface area (Å²) in [5.74, 6) is -2.66. The first-order valence-electron chi connectivity index (χ1n) is 11.5. The first-order chi connectivity index (χ1) is 17.2. The zero-order valence-corrected chi connectivity index (χ0v) is 19.9. The minimum atomic E-state index is -0.987. The fourth-order valence-electron chi connectivity index (χ4n) is 4.19. The van der Waals surface area contributed by atoms with E-state index in [-0.39, 0.29) is 17.8 Å². The Bertz CT molecular complexity index is 1350. The number of nitrogens with two attached hydrogens (primary N) is 1. The molecule has 0 radical (unpaired) electrons. The number of amides is 1. The van der Waals surface area contributed by atoms with E-state index in [1.807, 2.05) is 18.7 Å². The van der Waals surface area contributed by atoms with Gasteiger partial charge in [-0.3, -0.25) is 9.59 Å². The second-order valence-electron chi connectivity index (χ2n) is 8.85. The second-order valence-corrected chi connectivity index (χ2v) is 8.85. The number of halogens is 2. The molecule has 0 aliphatic carbocycles. The van der Waals surface area contributed by atoms with Gasteiger partial charge in [-0.15, -0.1) is 0 Å². The summed E-state index contributed by atoms with van der Waals surface area (Å²) in [7, 11) is 0. The molecule has 2 aromatic carbocycles. The minimum absolute atomic E-state index is 0.0465. The van der Waals surface area contributed by atoms with Crippen molar-refractivity contribution in [3.63, 3.8) is 0 Å². The van der Waals surface area contributed by atoms with Gasteiger partial charge < -0.3 is 26.7 Å². The summed E-state index contributed by atoms with van der Waals surface area (Å²) in [5, 5.41) is 18.1. The number of rotatable bonds is 7. The van der Waals surface area contributed by atoms with Crippen molar-refractivity contribution in [1.29, 1.82) is 5.41 Å². The number of nitrogens with zero attached hydrogens (tertiary/aromatic N) is 3. The molecule has 5 N–H and O–H groups in total. The van der Waals surface area contributed by atoms with Crippen LogP contribution in [0.3, 0.4) is 0 Å². The summed E-state index contributed by atoms with van der Waals surface area (Å²) in [6.45, 7) is 5.15. The summed E-state index contributed by atoms with van der Waals surface area (Å²) >= 11 is 0. The maximum Gasteiger partial charge on any atom is 0.276 e. The van der Waals surface area contributed by atoms with Crippen LogP contribution >= 0.6 is 0 Å². The fourth-order valence-corrected chi connectivity index (χ4v) is 4.19. The number of hydrogen-bond acceptors (Lipinski definition) is 7. The SMILES string of the molecule is CC(C)Nc1ccc(NC(=O)c2ccc(=O)n(-c3c(F)cccc3F)n2)c(N2CC[C@@H](N)C2)c1C=N. The highest BCUT2D eigenvalue weighted by atomic mass is 19.1. The van der Waals surface area contributed by atoms with E-state index in [1.54, 1.807) is 12.1 Å². The molecule has 1 atom stereocenters. The molecule has 188 valence electrons. The van der Waals surface area contributed by atoms with Crippen molar-refractivity contribution < 1.29 is 13.6 Å². The van der Waals surface area contributed by atoms with Gasteiger partial charge in [-0.2, -0.15) is 9.78 Å². The highest BCUT2D eigenvalue weighted by Gasteiger charge is 2.26. The minimum Gasteiger partial charge on any atom is -0.382 e. The van der Waals surface area contributed by atoms with Gasteiger partial charge in [-0.05, 0) is 50.6 Å². The summed E-state index contributed by atoms with van der Waals surface area (Å²) in [5.41, 5.74) is 6.80. The number of benzene rings is 2. The zero-order valence-electron chi connectivity index (χ0n) is 19.9. The quantitative estimate of drug-likeness (QED) is 0.373. The second kappa shape index (κ2) is 10.2. The summed E-state index contributed by atoms with van der Waals surface area (Å²) in [6.07, 6.45) is 1.98. The van der Waals surface area contributed by atoms with Crippen molar-refractivity contribution in [2.24, 2.45) is 5.73 Å². The standard InChI is InChI=1S/C25H27F2N7O2/c1-14(2)30-19-6-7-20(23(16(19)12-28)33-11-10-15(29)13-33)31-25(36)21-8-9-22(35)34(32-21)24-17(26)4-3-5-18(24)27/h3-9,12,14-15,28,30H,10-11,13,29H2,1-2H3,(H,31,36)/t15-/m1/s1. The summed E-state index contributed by atoms with van der Waals surface area (Å²) in [6, 6.07) is 8.91. The van der Waals surface area contributed by atoms with E-state index >= 15 is 0 Å². The Hall–Kier alpha value is -4.12. The number of aromatic nitrogens is 2. The topological polar surface area (TPSA) is 129 Å². The molecule has 9 nitrogen and oxygen atoms in total. The van der Waals surface area contributed by atoms with Crippen molar-refractivity contribution in [2.75, 3.05) is 28.6 Å². The predicted molar refractivity (Wildman–Crippen MR) is 136 cm³/mol. The molecule has 11 heteroatoms. The fraction of sp³-hybridized carbons (Fsp3) is 0.280. The average Bonchev–Trinajstić information content (AvgIpc) is 3.26. The van der Waals surface area contributed by atoms with E-state index < -0.39 is 28.8 Å². The predicted octanol–water partition coefficient (Wildman–Crippen LogP) is 3.12. The Morgan fingerprint density at radius 1 is 1.14 bits per heavy atom. The molecule has 36 heavy (non-hydrogen) atoms. The van der Waals surface area contributed by atoms with Gasteiger partial charge in [0, 0.05) is 48.7 Å². The number of carbonyl (C=O) groups excluding carboxylic acids is 1. The molecule has 1 amide bonds. The van der Waals surface area contributed by atoms with Crippen LogP contribution in [0.25, 0.3) is 5.69 Å². The monoisotopic (exact) mass is 495 g/mol. The normalized spacial score (nSPS) is 15.3. The lowest BCUT2D eigenvalue weighted by atomic mass is 10.1. The smallest absolute Gasteiger partial charge is 0.276 e. The van der Waals surface area contributed by atoms with Crippen LogP contribution in [-0.2, 0) is 0 Å². The summed E-state index contributed by atoms with van der Waals surface area (Å²) < 4.78 is 29.1. The van der Waals surface area contributed by atoms with Gasteiger partial charge in [0.15, 0.2) is 11.6 Å². The van der Waals surface area contributed by atoms with Crippen LogP contribution in [0.5, 0.6) is 0 Å². The maximum absolute atomic E-state index is 14.3. The van der Waals surface area contributed by atoms with Crippen LogP contribution in [0.4, 0.5) is 25.8 Å². The van der Waals surface area contributed by atoms with E-state index in [1.165, 1.54) is 18.3 Å². The molecule has 1 aromatic heterocycles. The van der Waals surface area contributed by atoms with Crippen LogP contribution in [-0.4, -0.2) is 47.1 Å². The molecular weight excluding hydrogens is 468 g/mol. The molecule has 0 unspecified atom stereocenters. The van der Waals surface area contributed by atoms with E-state index in [9.17, 15) is 18.4 Å². The van der Waals surface area contributed by atoms with Crippen LogP contribution in [0, 0.1) is 17.0 Å². The Kier molecular flexibility index (Phi) is 7.11. The Morgan fingerprint density at radius 3 is 2.44 bits per heavy atom. The molecule has 3 aromatic rings. The lowest BCUT2D eigenvalue weighted by molar-refractivity contribution is 0.102. The Morgan fingerprint density at radius 2 is 1.83 bits per heavy atom. The Balaban J connectivity index is 1.74. The van der Waals surface area contributed by atoms with Gasteiger partial charge >= 0.3 is 0 Å². The first kappa shape index (κ1) is 25.0. The van der Waals surface area contributed by atoms with Crippen LogP contribution in [0.15, 0.2) is 47.3 Å². The van der Waals surface area contributed by atoms with Crippen LogP contribution < -0.4 is 26.8 Å². The number of nitrogens with one attached hydrogen (secondary N) is 3. The van der Waals surface area contributed by atoms with Gasteiger partial charge in [0.25, 0.3) is 11.5 Å². The highest BCUT2D eigenvalue weighted by molar-refractivity contribution is 6.08. The molecule has 1 saturated heterocycles. The largest absolute Gasteiger partial charge is 0.382 e. The molecule has 2 heterocycles. The van der Waals surface area contributed by atoms with E-state index in [2.05, 4.69) is 15.7 Å². The van der Waals surface area contributed by atoms with Crippen molar-refractivity contribution in [3.05, 3.63) is 75.7 Å².